The molecule has 2 atom stereocenters. The molecule has 3 aromatic rings. The molecule has 0 N–H and O–H groups in total. The van der Waals surface area contributed by atoms with Gasteiger partial charge in [-0.2, -0.15) is 5.10 Å². The summed E-state index contributed by atoms with van der Waals surface area (Å²) in [7, 11) is 0. The van der Waals surface area contributed by atoms with E-state index in [0.717, 1.165) is 46.9 Å². The molecule has 1 saturated heterocycles. The van der Waals surface area contributed by atoms with Gasteiger partial charge in [0.05, 0.1) is 11.4 Å². The van der Waals surface area contributed by atoms with Crippen molar-refractivity contribution in [3.63, 3.8) is 0 Å². The fourth-order valence-corrected chi connectivity index (χ4v) is 5.18. The number of para-hydroxylation sites is 1. The topological polar surface area (TPSA) is 39.5 Å². The van der Waals surface area contributed by atoms with Gasteiger partial charge in [-0.15, -0.1) is 0 Å². The van der Waals surface area contributed by atoms with E-state index in [9.17, 15) is 0 Å². The van der Waals surface area contributed by atoms with Crippen LogP contribution in [0.25, 0.3) is 16.9 Å². The maximum absolute atomic E-state index is 5.61. The van der Waals surface area contributed by atoms with Crippen LogP contribution in [-0.4, -0.2) is 34.1 Å². The molecule has 0 spiro atoms. The SMILES string of the molecule is c1ccc(-n2cc(CN3C[C@@H]4CCC[C@H]3C4)c(-c3ccc4c(c3)OCO4)n2)cc1. The van der Waals surface area contributed by atoms with E-state index in [1.807, 2.05) is 16.8 Å². The summed E-state index contributed by atoms with van der Waals surface area (Å²) >= 11 is 0. The number of nitrogens with zero attached hydrogens (tertiary/aromatic N) is 3. The Hall–Kier alpha value is -2.79. The molecule has 148 valence electrons. The molecule has 5 heteroatoms. The van der Waals surface area contributed by atoms with Crippen molar-refractivity contribution in [2.45, 2.75) is 38.3 Å². The molecule has 1 saturated carbocycles. The molecule has 29 heavy (non-hydrogen) atoms. The Morgan fingerprint density at radius 3 is 2.79 bits per heavy atom. The summed E-state index contributed by atoms with van der Waals surface area (Å²) < 4.78 is 13.1. The number of ether oxygens (including phenoxy) is 2. The summed E-state index contributed by atoms with van der Waals surface area (Å²) in [4.78, 5) is 2.68. The van der Waals surface area contributed by atoms with Crippen LogP contribution in [0.15, 0.2) is 54.7 Å². The number of hydrogen-bond donors (Lipinski definition) is 0. The van der Waals surface area contributed by atoms with Crippen LogP contribution in [0.4, 0.5) is 0 Å². The highest BCUT2D eigenvalue weighted by atomic mass is 16.7. The summed E-state index contributed by atoms with van der Waals surface area (Å²) in [5.41, 5.74) is 4.48. The van der Waals surface area contributed by atoms with Crippen LogP contribution in [0.3, 0.4) is 0 Å². The minimum atomic E-state index is 0.293. The minimum Gasteiger partial charge on any atom is -0.454 e. The van der Waals surface area contributed by atoms with Crippen molar-refractivity contribution in [1.82, 2.24) is 14.7 Å². The average Bonchev–Trinajstić information content (AvgIpc) is 3.46. The molecule has 2 aliphatic heterocycles. The molecule has 0 unspecified atom stereocenters. The largest absolute Gasteiger partial charge is 0.454 e. The molecular weight excluding hydrogens is 362 g/mol. The third-order valence-electron chi connectivity index (χ3n) is 6.59. The second-order valence-electron chi connectivity index (χ2n) is 8.47. The predicted octanol–water partition coefficient (Wildman–Crippen LogP) is 4.64. The van der Waals surface area contributed by atoms with Gasteiger partial charge in [0.25, 0.3) is 0 Å². The first kappa shape index (κ1) is 17.1. The molecule has 0 amide bonds. The van der Waals surface area contributed by atoms with E-state index < -0.39 is 0 Å². The van der Waals surface area contributed by atoms with Crippen molar-refractivity contribution < 1.29 is 9.47 Å². The number of aromatic nitrogens is 2. The molecule has 3 aliphatic rings. The van der Waals surface area contributed by atoms with E-state index in [4.69, 9.17) is 14.6 Å². The van der Waals surface area contributed by atoms with Gasteiger partial charge in [0, 0.05) is 36.5 Å². The summed E-state index contributed by atoms with van der Waals surface area (Å²) in [5.74, 6) is 2.50. The lowest BCUT2D eigenvalue weighted by Crippen LogP contribution is -2.28. The second-order valence-corrected chi connectivity index (χ2v) is 8.47. The number of hydrogen-bond acceptors (Lipinski definition) is 4. The highest BCUT2D eigenvalue weighted by Gasteiger charge is 2.35. The minimum absolute atomic E-state index is 0.293. The summed E-state index contributed by atoms with van der Waals surface area (Å²) in [6.45, 7) is 2.47. The quantitative estimate of drug-likeness (QED) is 0.654. The number of fused-ring (bicyclic) bond motifs is 3. The van der Waals surface area contributed by atoms with Crippen molar-refractivity contribution in [1.29, 1.82) is 0 Å². The molecule has 6 rings (SSSR count). The molecule has 3 heterocycles. The molecule has 1 aromatic heterocycles. The lowest BCUT2D eigenvalue weighted by Gasteiger charge is -2.24. The van der Waals surface area contributed by atoms with Gasteiger partial charge in [0.1, 0.15) is 0 Å². The Kier molecular flexibility index (Phi) is 4.08. The third-order valence-corrected chi connectivity index (χ3v) is 6.59. The Labute approximate surface area is 170 Å². The molecular formula is C24H25N3O2. The monoisotopic (exact) mass is 387 g/mol. The van der Waals surface area contributed by atoms with Gasteiger partial charge in [0.15, 0.2) is 11.5 Å². The van der Waals surface area contributed by atoms with Crippen LogP contribution >= 0.6 is 0 Å². The van der Waals surface area contributed by atoms with Gasteiger partial charge < -0.3 is 9.47 Å². The Balaban J connectivity index is 1.39. The smallest absolute Gasteiger partial charge is 0.231 e. The molecule has 2 aromatic carbocycles. The third kappa shape index (κ3) is 3.10. The van der Waals surface area contributed by atoms with Gasteiger partial charge in [-0.05, 0) is 55.5 Å². The zero-order chi connectivity index (χ0) is 19.2. The zero-order valence-corrected chi connectivity index (χ0v) is 16.5. The first-order valence-electron chi connectivity index (χ1n) is 10.6. The normalized spacial score (nSPS) is 22.9. The lowest BCUT2D eigenvalue weighted by atomic mass is 9.90. The van der Waals surface area contributed by atoms with Crippen molar-refractivity contribution in [2.24, 2.45) is 5.92 Å². The summed E-state index contributed by atoms with van der Waals surface area (Å²) in [5, 5.41) is 5.00. The second kappa shape index (κ2) is 6.92. The van der Waals surface area contributed by atoms with E-state index in [1.54, 1.807) is 0 Å². The molecule has 1 aliphatic carbocycles. The van der Waals surface area contributed by atoms with E-state index in [-0.39, 0.29) is 0 Å². The molecule has 0 radical (unpaired) electrons. The highest BCUT2D eigenvalue weighted by Crippen LogP contribution is 2.39. The number of likely N-dealkylation sites (tertiary alicyclic amines) is 1. The Bertz CT molecular complexity index is 1030. The fourth-order valence-electron chi connectivity index (χ4n) is 5.18. The summed E-state index contributed by atoms with van der Waals surface area (Å²) in [6.07, 6.45) is 7.68. The first-order valence-corrected chi connectivity index (χ1v) is 10.6. The average molecular weight is 387 g/mol. The van der Waals surface area contributed by atoms with E-state index in [2.05, 4.69) is 47.5 Å². The fraction of sp³-hybridized carbons (Fsp3) is 0.375. The van der Waals surface area contributed by atoms with Crippen LogP contribution in [-0.2, 0) is 6.54 Å². The predicted molar refractivity (Wildman–Crippen MR) is 111 cm³/mol. The van der Waals surface area contributed by atoms with Crippen LogP contribution in [0.2, 0.25) is 0 Å². The van der Waals surface area contributed by atoms with Crippen LogP contribution in [0.5, 0.6) is 11.5 Å². The van der Waals surface area contributed by atoms with Gasteiger partial charge in [0.2, 0.25) is 6.79 Å². The van der Waals surface area contributed by atoms with Crippen LogP contribution in [0, 0.1) is 5.92 Å². The van der Waals surface area contributed by atoms with Crippen molar-refractivity contribution in [2.75, 3.05) is 13.3 Å². The highest BCUT2D eigenvalue weighted by molar-refractivity contribution is 5.67. The van der Waals surface area contributed by atoms with Gasteiger partial charge >= 0.3 is 0 Å². The Morgan fingerprint density at radius 1 is 1.00 bits per heavy atom. The van der Waals surface area contributed by atoms with E-state index >= 15 is 0 Å². The maximum Gasteiger partial charge on any atom is 0.231 e. The summed E-state index contributed by atoms with van der Waals surface area (Å²) in [6, 6.07) is 17.2. The Morgan fingerprint density at radius 2 is 1.90 bits per heavy atom. The maximum atomic E-state index is 5.61. The van der Waals surface area contributed by atoms with Crippen LogP contribution < -0.4 is 9.47 Å². The molecule has 5 nitrogen and oxygen atoms in total. The number of rotatable bonds is 4. The van der Waals surface area contributed by atoms with Crippen molar-refractivity contribution in [3.8, 4) is 28.4 Å². The zero-order valence-electron chi connectivity index (χ0n) is 16.5. The van der Waals surface area contributed by atoms with E-state index in [1.165, 1.54) is 37.8 Å². The van der Waals surface area contributed by atoms with E-state index in [0.29, 0.717) is 6.79 Å². The molecule has 2 fully saturated rings. The lowest BCUT2D eigenvalue weighted by molar-refractivity contribution is 0.174. The van der Waals surface area contributed by atoms with Gasteiger partial charge in [-0.25, -0.2) is 4.68 Å². The standard InChI is InChI=1S/C24H25N3O2/c1-2-6-20(7-3-1)27-15-19(14-26-13-17-5-4-8-21(26)11-17)24(25-27)18-9-10-22-23(12-18)29-16-28-22/h1-3,6-7,9-10,12,15,17,21H,4-5,8,11,13-14,16H2/t17-,21+/m1/s1. The van der Waals surface area contributed by atoms with Gasteiger partial charge in [-0.1, -0.05) is 24.6 Å². The van der Waals surface area contributed by atoms with Gasteiger partial charge in [-0.3, -0.25) is 4.90 Å². The molecule has 2 bridgehead atoms. The van der Waals surface area contributed by atoms with Crippen LogP contribution in [0.1, 0.15) is 31.2 Å². The van der Waals surface area contributed by atoms with Crippen molar-refractivity contribution in [3.05, 3.63) is 60.3 Å². The number of benzene rings is 2. The van der Waals surface area contributed by atoms with Crippen molar-refractivity contribution >= 4 is 0 Å². The first-order chi connectivity index (χ1) is 14.3.